The maximum atomic E-state index is 12.7. The zero-order valence-electron chi connectivity index (χ0n) is 11.0. The van der Waals surface area contributed by atoms with Gasteiger partial charge in [0.1, 0.15) is 11.6 Å². The van der Waals surface area contributed by atoms with Crippen LogP contribution >= 0.6 is 15.9 Å². The van der Waals surface area contributed by atoms with Crippen LogP contribution in [0.15, 0.2) is 30.5 Å². The number of fused-ring (bicyclic) bond motifs is 1. The second-order valence-electron chi connectivity index (χ2n) is 4.22. The molecule has 1 aromatic carbocycles. The van der Waals surface area contributed by atoms with E-state index in [4.69, 9.17) is 4.74 Å². The second kappa shape index (κ2) is 6.83. The molecule has 0 atom stereocenters. The third kappa shape index (κ3) is 3.17. The van der Waals surface area contributed by atoms with Crippen molar-refractivity contribution in [2.45, 2.75) is 6.43 Å². The van der Waals surface area contributed by atoms with Crippen molar-refractivity contribution in [3.63, 3.8) is 0 Å². The molecule has 2 aromatic rings. The van der Waals surface area contributed by atoms with Gasteiger partial charge in [-0.2, -0.15) is 0 Å². The van der Waals surface area contributed by atoms with Crippen molar-refractivity contribution in [3.8, 4) is 5.75 Å². The summed E-state index contributed by atoms with van der Waals surface area (Å²) in [4.78, 5) is 5.86. The first-order chi connectivity index (χ1) is 9.67. The fourth-order valence-electron chi connectivity index (χ4n) is 2.15. The Morgan fingerprint density at radius 1 is 1.30 bits per heavy atom. The van der Waals surface area contributed by atoms with Crippen LogP contribution in [0.1, 0.15) is 0 Å². The summed E-state index contributed by atoms with van der Waals surface area (Å²) < 4.78 is 30.8. The minimum absolute atomic E-state index is 0.338. The standard InChI is InChI=1S/C14H15BrF2N2O/c1-20-12-4-2-3-11-10(12)5-7-18-14(11)19(8-6-15)9-13(16)17/h2-5,7,13H,6,8-9H2,1H3. The number of rotatable bonds is 6. The van der Waals surface area contributed by atoms with E-state index in [1.807, 2.05) is 24.3 Å². The van der Waals surface area contributed by atoms with Crippen LogP contribution in [0.4, 0.5) is 14.6 Å². The fraction of sp³-hybridized carbons (Fsp3) is 0.357. The maximum absolute atomic E-state index is 12.7. The molecule has 2 rings (SSSR count). The average Bonchev–Trinajstić information content (AvgIpc) is 2.45. The molecule has 0 fully saturated rings. The Hall–Kier alpha value is -1.43. The number of nitrogens with zero attached hydrogens (tertiary/aromatic N) is 2. The number of hydrogen-bond donors (Lipinski definition) is 0. The van der Waals surface area contributed by atoms with Crippen LogP contribution in [-0.2, 0) is 0 Å². The predicted molar refractivity (Wildman–Crippen MR) is 80.3 cm³/mol. The third-order valence-corrected chi connectivity index (χ3v) is 3.33. The van der Waals surface area contributed by atoms with Gasteiger partial charge in [-0.25, -0.2) is 13.8 Å². The molecule has 0 saturated carbocycles. The van der Waals surface area contributed by atoms with Crippen LogP contribution in [0.25, 0.3) is 10.8 Å². The number of anilines is 1. The first kappa shape index (κ1) is 15.0. The monoisotopic (exact) mass is 344 g/mol. The van der Waals surface area contributed by atoms with E-state index in [0.29, 0.717) is 23.4 Å². The topological polar surface area (TPSA) is 25.4 Å². The molecule has 0 N–H and O–H groups in total. The second-order valence-corrected chi connectivity index (χ2v) is 5.01. The zero-order chi connectivity index (χ0) is 14.5. The number of methoxy groups -OCH3 is 1. The number of hydrogen-bond acceptors (Lipinski definition) is 3. The van der Waals surface area contributed by atoms with Crippen LogP contribution in [-0.4, -0.2) is 36.9 Å². The molecule has 0 radical (unpaired) electrons. The van der Waals surface area contributed by atoms with Gasteiger partial charge in [0.05, 0.1) is 13.7 Å². The van der Waals surface area contributed by atoms with Crippen molar-refractivity contribution in [3.05, 3.63) is 30.5 Å². The Bertz CT molecular complexity index is 580. The molecule has 0 aliphatic carbocycles. The van der Waals surface area contributed by atoms with Crippen molar-refractivity contribution >= 4 is 32.5 Å². The molecule has 0 unspecified atom stereocenters. The minimum Gasteiger partial charge on any atom is -0.496 e. The van der Waals surface area contributed by atoms with Crippen LogP contribution in [0.5, 0.6) is 5.75 Å². The zero-order valence-corrected chi connectivity index (χ0v) is 12.6. The molecule has 6 heteroatoms. The quantitative estimate of drug-likeness (QED) is 0.747. The van der Waals surface area contributed by atoms with E-state index in [0.717, 1.165) is 10.8 Å². The summed E-state index contributed by atoms with van der Waals surface area (Å²) >= 11 is 3.29. The van der Waals surface area contributed by atoms with Gasteiger partial charge >= 0.3 is 0 Å². The van der Waals surface area contributed by atoms with Crippen LogP contribution in [0.2, 0.25) is 0 Å². The molecule has 1 heterocycles. The van der Waals surface area contributed by atoms with Crippen molar-refractivity contribution < 1.29 is 13.5 Å². The number of aromatic nitrogens is 1. The Balaban J connectivity index is 2.51. The molecule has 0 aliphatic heterocycles. The highest BCUT2D eigenvalue weighted by molar-refractivity contribution is 9.09. The van der Waals surface area contributed by atoms with Gasteiger partial charge in [0.25, 0.3) is 6.43 Å². The van der Waals surface area contributed by atoms with Crippen LogP contribution < -0.4 is 9.64 Å². The van der Waals surface area contributed by atoms with Gasteiger partial charge in [-0.1, -0.05) is 28.1 Å². The first-order valence-electron chi connectivity index (χ1n) is 6.18. The lowest BCUT2D eigenvalue weighted by Crippen LogP contribution is -2.31. The van der Waals surface area contributed by atoms with Crippen molar-refractivity contribution in [1.29, 1.82) is 0 Å². The van der Waals surface area contributed by atoms with E-state index < -0.39 is 6.43 Å². The van der Waals surface area contributed by atoms with E-state index in [9.17, 15) is 8.78 Å². The van der Waals surface area contributed by atoms with E-state index in [2.05, 4.69) is 20.9 Å². The summed E-state index contributed by atoms with van der Waals surface area (Å²) in [5.41, 5.74) is 0. The Kier molecular flexibility index (Phi) is 5.11. The molecule has 0 bridgehead atoms. The van der Waals surface area contributed by atoms with Crippen molar-refractivity contribution in [2.24, 2.45) is 0 Å². The molecule has 3 nitrogen and oxygen atoms in total. The summed E-state index contributed by atoms with van der Waals surface area (Å²) in [6.07, 6.45) is -0.788. The number of pyridine rings is 1. The summed E-state index contributed by atoms with van der Waals surface area (Å²) in [6, 6.07) is 7.37. The van der Waals surface area contributed by atoms with Gasteiger partial charge in [0.2, 0.25) is 0 Å². The van der Waals surface area contributed by atoms with Crippen molar-refractivity contribution in [1.82, 2.24) is 4.98 Å². The van der Waals surface area contributed by atoms with Gasteiger partial charge < -0.3 is 9.64 Å². The summed E-state index contributed by atoms with van der Waals surface area (Å²) in [6.45, 7) is 0.128. The highest BCUT2D eigenvalue weighted by Gasteiger charge is 2.16. The summed E-state index contributed by atoms with van der Waals surface area (Å²) in [7, 11) is 1.59. The lowest BCUT2D eigenvalue weighted by molar-refractivity contribution is 0.155. The molecule has 0 amide bonds. The minimum atomic E-state index is -2.41. The first-order valence-corrected chi connectivity index (χ1v) is 7.30. The number of benzene rings is 1. The Morgan fingerprint density at radius 3 is 2.75 bits per heavy atom. The molecule has 108 valence electrons. The molecular weight excluding hydrogens is 330 g/mol. The molecule has 0 saturated heterocycles. The number of alkyl halides is 3. The number of halogens is 3. The largest absolute Gasteiger partial charge is 0.496 e. The average molecular weight is 345 g/mol. The van der Waals surface area contributed by atoms with Crippen LogP contribution in [0.3, 0.4) is 0 Å². The fourth-order valence-corrected chi connectivity index (χ4v) is 2.57. The Labute approximate surface area is 124 Å². The normalized spacial score (nSPS) is 11.1. The molecule has 0 aliphatic rings. The van der Waals surface area contributed by atoms with Gasteiger partial charge in [0, 0.05) is 28.8 Å². The van der Waals surface area contributed by atoms with E-state index in [1.165, 1.54) is 0 Å². The highest BCUT2D eigenvalue weighted by atomic mass is 79.9. The summed E-state index contributed by atoms with van der Waals surface area (Å²) in [5, 5.41) is 2.28. The lowest BCUT2D eigenvalue weighted by atomic mass is 10.1. The molecule has 1 aromatic heterocycles. The van der Waals surface area contributed by atoms with Crippen LogP contribution in [0, 0.1) is 0 Å². The predicted octanol–water partition coefficient (Wildman–Crippen LogP) is 3.71. The smallest absolute Gasteiger partial charge is 0.255 e. The number of ether oxygens (including phenoxy) is 1. The van der Waals surface area contributed by atoms with Gasteiger partial charge in [-0.3, -0.25) is 0 Å². The van der Waals surface area contributed by atoms with Gasteiger partial charge in [-0.15, -0.1) is 0 Å². The van der Waals surface area contributed by atoms with E-state index >= 15 is 0 Å². The van der Waals surface area contributed by atoms with E-state index in [-0.39, 0.29) is 6.54 Å². The SMILES string of the molecule is COc1cccc2c(N(CCBr)CC(F)F)nccc12. The third-order valence-electron chi connectivity index (χ3n) is 2.98. The maximum Gasteiger partial charge on any atom is 0.255 e. The van der Waals surface area contributed by atoms with E-state index in [1.54, 1.807) is 18.2 Å². The van der Waals surface area contributed by atoms with Gasteiger partial charge in [-0.05, 0) is 12.1 Å². The highest BCUT2D eigenvalue weighted by Crippen LogP contribution is 2.31. The van der Waals surface area contributed by atoms with Gasteiger partial charge in [0.15, 0.2) is 0 Å². The summed E-state index contributed by atoms with van der Waals surface area (Å²) in [5.74, 6) is 1.27. The molecular formula is C14H15BrF2N2O. The molecule has 20 heavy (non-hydrogen) atoms. The molecule has 0 spiro atoms. The van der Waals surface area contributed by atoms with Crippen molar-refractivity contribution in [2.75, 3.05) is 30.4 Å². The Morgan fingerprint density at radius 2 is 2.10 bits per heavy atom. The lowest BCUT2D eigenvalue weighted by Gasteiger charge is -2.24.